The molecule has 2 aromatic carbocycles. The second kappa shape index (κ2) is 38.9. The van der Waals surface area contributed by atoms with Crippen molar-refractivity contribution in [3.8, 4) is 5.75 Å². The molecule has 0 spiro atoms. The zero-order valence-electron chi connectivity index (χ0n) is 54.4. The monoisotopic (exact) mass is 1340 g/mol. The van der Waals surface area contributed by atoms with E-state index in [4.69, 9.17) is 14.2 Å². The Morgan fingerprint density at radius 3 is 1.92 bits per heavy atom. The second-order valence-electron chi connectivity index (χ2n) is 23.8. The number of benzene rings is 2. The van der Waals surface area contributed by atoms with E-state index < -0.39 is 103 Å². The number of esters is 1. The van der Waals surface area contributed by atoms with Gasteiger partial charge in [0.2, 0.25) is 29.5 Å². The van der Waals surface area contributed by atoms with Crippen LogP contribution < -0.4 is 26.0 Å². The summed E-state index contributed by atoms with van der Waals surface area (Å²) < 4.78 is 45.2. The van der Waals surface area contributed by atoms with E-state index in [0.29, 0.717) is 68.6 Å². The summed E-state index contributed by atoms with van der Waals surface area (Å²) >= 11 is 0. The SMILES string of the molecule is CN=C[C@H]1CC(F)(F)CN1C(=O)CNC(=O)c1ccnc2ccc(OCCCCN3CCN(C(=O)[C@H](CC(=O)OC)NC(=O)[C@H](CCOCCNC(=O)CCCc4ccc(C)cc4)NC(=O)CN4CCN(CC(=O)O)CCN(CC(=O)O)CCN(CC(=O)O)CC4)CC3)cc12. The lowest BCUT2D eigenvalue weighted by Gasteiger charge is -2.36. The first-order valence-electron chi connectivity index (χ1n) is 32.0. The topological polar surface area (TPSA) is 355 Å². The van der Waals surface area contributed by atoms with E-state index in [0.717, 1.165) is 29.6 Å². The number of carboxylic acid groups (broad SMARTS) is 3. The molecule has 0 radical (unpaired) electrons. The minimum Gasteiger partial charge on any atom is -0.494 e. The van der Waals surface area contributed by atoms with Gasteiger partial charge < -0.3 is 60.6 Å². The fraction of sp³-hybridized carbons (Fsp3) is 0.594. The number of carboxylic acids is 3. The maximum absolute atomic E-state index is 14.4. The Balaban J connectivity index is 1.03. The molecule has 0 unspecified atom stereocenters. The van der Waals surface area contributed by atoms with Crippen LogP contribution in [0.15, 0.2) is 59.7 Å². The summed E-state index contributed by atoms with van der Waals surface area (Å²) in [5.74, 6) is -10.2. The molecule has 3 fully saturated rings. The molecule has 31 heteroatoms. The number of alkyl halides is 2. The molecule has 0 saturated carbocycles. The fourth-order valence-electron chi connectivity index (χ4n) is 11.3. The number of fused-ring (bicyclic) bond motifs is 1. The highest BCUT2D eigenvalue weighted by Crippen LogP contribution is 2.31. The number of aryl methyl sites for hydroxylation is 2. The molecule has 3 saturated heterocycles. The van der Waals surface area contributed by atoms with Crippen molar-refractivity contribution in [2.75, 3.05) is 165 Å². The molecule has 95 heavy (non-hydrogen) atoms. The van der Waals surface area contributed by atoms with Crippen LogP contribution in [0.5, 0.6) is 5.75 Å². The van der Waals surface area contributed by atoms with Crippen molar-refractivity contribution in [3.05, 3.63) is 71.4 Å². The summed E-state index contributed by atoms with van der Waals surface area (Å²) in [7, 11) is 2.58. The number of likely N-dealkylation sites (tertiary alicyclic amines) is 1. The Bertz CT molecular complexity index is 3070. The van der Waals surface area contributed by atoms with Crippen LogP contribution >= 0.6 is 0 Å². The second-order valence-corrected chi connectivity index (χ2v) is 23.8. The largest absolute Gasteiger partial charge is 0.494 e. The van der Waals surface area contributed by atoms with Gasteiger partial charge in [0.1, 0.15) is 17.8 Å². The third kappa shape index (κ3) is 26.8. The number of aliphatic carboxylic acids is 3. The molecule has 4 heterocycles. The predicted molar refractivity (Wildman–Crippen MR) is 343 cm³/mol. The van der Waals surface area contributed by atoms with E-state index in [-0.39, 0.29) is 129 Å². The summed E-state index contributed by atoms with van der Waals surface area (Å²) in [5.41, 5.74) is 2.97. The summed E-state index contributed by atoms with van der Waals surface area (Å²) in [4.78, 5) is 150. The van der Waals surface area contributed by atoms with Gasteiger partial charge in [0.25, 0.3) is 11.8 Å². The van der Waals surface area contributed by atoms with Crippen LogP contribution in [0.25, 0.3) is 10.9 Å². The first-order valence-corrected chi connectivity index (χ1v) is 32.0. The number of hydrogen-bond donors (Lipinski definition) is 7. The summed E-state index contributed by atoms with van der Waals surface area (Å²) in [5, 5.41) is 40.3. The van der Waals surface area contributed by atoms with Gasteiger partial charge >= 0.3 is 23.9 Å². The highest BCUT2D eigenvalue weighted by molar-refractivity contribution is 6.07. The number of halogens is 2. The van der Waals surface area contributed by atoms with Gasteiger partial charge in [-0.3, -0.25) is 82.4 Å². The molecule has 3 aliphatic rings. The Morgan fingerprint density at radius 1 is 0.705 bits per heavy atom. The van der Waals surface area contributed by atoms with Gasteiger partial charge in [0, 0.05) is 129 Å². The maximum Gasteiger partial charge on any atom is 0.317 e. The lowest BCUT2D eigenvalue weighted by Crippen LogP contribution is -2.58. The van der Waals surface area contributed by atoms with Crippen molar-refractivity contribution < 1.29 is 86.3 Å². The van der Waals surface area contributed by atoms with Crippen molar-refractivity contribution in [2.24, 2.45) is 4.99 Å². The van der Waals surface area contributed by atoms with E-state index in [1.165, 1.54) is 30.4 Å². The molecule has 6 amide bonds. The van der Waals surface area contributed by atoms with E-state index in [1.54, 1.807) is 37.8 Å². The van der Waals surface area contributed by atoms with Crippen LogP contribution in [0.2, 0.25) is 0 Å². The van der Waals surface area contributed by atoms with Gasteiger partial charge in [0.15, 0.2) is 0 Å². The number of unbranched alkanes of at least 4 members (excludes halogenated alkanes) is 1. The van der Waals surface area contributed by atoms with Crippen molar-refractivity contribution in [1.29, 1.82) is 0 Å². The lowest BCUT2D eigenvalue weighted by molar-refractivity contribution is -0.147. The number of nitrogens with zero attached hydrogens (tertiary/aromatic N) is 9. The van der Waals surface area contributed by atoms with Crippen LogP contribution in [0, 0.1) is 6.92 Å². The van der Waals surface area contributed by atoms with Crippen LogP contribution in [0.1, 0.15) is 66.4 Å². The normalized spacial score (nSPS) is 17.8. The molecule has 7 N–H and O–H groups in total. The van der Waals surface area contributed by atoms with Crippen LogP contribution in [-0.2, 0) is 59.0 Å². The van der Waals surface area contributed by atoms with Gasteiger partial charge in [-0.25, -0.2) is 8.78 Å². The lowest BCUT2D eigenvalue weighted by atomic mass is 10.1. The zero-order valence-corrected chi connectivity index (χ0v) is 54.4. The average Bonchev–Trinajstić information content (AvgIpc) is 1.65. The Hall–Kier alpha value is -8.36. The average molecular weight is 1340 g/mol. The number of ether oxygens (including phenoxy) is 3. The van der Waals surface area contributed by atoms with Crippen molar-refractivity contribution in [1.82, 2.24) is 60.6 Å². The quantitative estimate of drug-likeness (QED) is 0.0236. The number of methoxy groups -OCH3 is 1. The maximum atomic E-state index is 14.4. The smallest absolute Gasteiger partial charge is 0.317 e. The number of carbonyl (C=O) groups excluding carboxylic acids is 7. The number of aromatic nitrogens is 1. The number of pyridine rings is 1. The van der Waals surface area contributed by atoms with E-state index >= 15 is 0 Å². The number of aliphatic imine (C=N–C) groups is 1. The molecule has 1 aromatic heterocycles. The van der Waals surface area contributed by atoms with E-state index in [1.807, 2.05) is 31.2 Å². The molecule has 6 rings (SSSR count). The van der Waals surface area contributed by atoms with Crippen LogP contribution in [0.4, 0.5) is 8.78 Å². The number of amides is 6. The number of rotatable bonds is 34. The molecular formula is C64H91F2N13O16. The molecule has 3 aliphatic heterocycles. The van der Waals surface area contributed by atoms with Crippen LogP contribution in [0.3, 0.4) is 0 Å². The first kappa shape index (κ1) is 75.7. The Kier molecular flexibility index (Phi) is 31.0. The molecule has 522 valence electrons. The van der Waals surface area contributed by atoms with Crippen LogP contribution in [-0.4, -0.2) is 309 Å². The number of nitrogens with one attached hydrogen (secondary N) is 4. The van der Waals surface area contributed by atoms with Crippen molar-refractivity contribution in [3.63, 3.8) is 0 Å². The third-order valence-electron chi connectivity index (χ3n) is 16.5. The predicted octanol–water partition coefficient (Wildman–Crippen LogP) is 0.0669. The number of piperazine rings is 1. The molecule has 0 bridgehead atoms. The van der Waals surface area contributed by atoms with Crippen molar-refractivity contribution in [2.45, 2.75) is 82.3 Å². The Labute approximate surface area is 550 Å². The zero-order chi connectivity index (χ0) is 68.9. The van der Waals surface area contributed by atoms with Gasteiger partial charge in [-0.05, 0) is 75.4 Å². The highest BCUT2D eigenvalue weighted by Gasteiger charge is 2.46. The van der Waals surface area contributed by atoms with Crippen molar-refractivity contribution >= 4 is 76.4 Å². The standard InChI is InChI=1S/C64H91F2N13O16/c1-45-9-11-46(12-10-45)7-6-8-54(80)69-18-34-94-33-16-52(71-55(81)40-74-20-22-75(41-57(83)84)24-26-77(43-59(87)88)27-25-76(23-21-74)42-58(85)86)62(91)72-53(36-60(89)93-3)63(92)78-30-28-73(29-31-78)19-4-5-32-95-48-13-14-51-50(35-48)49(15-17-68-51)61(90)70-39-56(82)79-44-64(65,66)37-47(79)38-67-2/h9-15,17,35,38,47,52-53H,4-8,16,18-34,36-37,39-44H2,1-3H3,(H,69,80)(H,70,90)(H,71,81)(H,72,91)(H,83,84)(H,85,86)(H,87,88)/t47-,52+,53+/m1/s1. The van der Waals surface area contributed by atoms with E-state index in [9.17, 15) is 72.0 Å². The fourth-order valence-corrected chi connectivity index (χ4v) is 11.3. The van der Waals surface area contributed by atoms with Gasteiger partial charge in [-0.2, -0.15) is 0 Å². The summed E-state index contributed by atoms with van der Waals surface area (Å²) in [6.07, 6.45) is 4.54. The molecule has 0 aliphatic carbocycles. The van der Waals surface area contributed by atoms with Gasteiger partial charge in [-0.1, -0.05) is 29.8 Å². The molecule has 3 aromatic rings. The van der Waals surface area contributed by atoms with E-state index in [2.05, 4.69) is 36.1 Å². The number of carbonyl (C=O) groups is 10. The molecule has 3 atom stereocenters. The number of hydrogen-bond acceptors (Lipinski definition) is 20. The van der Waals surface area contributed by atoms with Gasteiger partial charge in [-0.15, -0.1) is 0 Å². The first-order chi connectivity index (χ1) is 45.5. The minimum absolute atomic E-state index is 0.0613. The molecular weight excluding hydrogens is 1240 g/mol. The third-order valence-corrected chi connectivity index (χ3v) is 16.5. The highest BCUT2D eigenvalue weighted by atomic mass is 19.3. The summed E-state index contributed by atoms with van der Waals surface area (Å²) in [6.45, 7) is 2.95. The Morgan fingerprint density at radius 2 is 1.32 bits per heavy atom. The summed E-state index contributed by atoms with van der Waals surface area (Å²) in [6, 6.07) is 11.0. The van der Waals surface area contributed by atoms with Gasteiger partial charge in [0.05, 0.1) is 83.1 Å². The minimum atomic E-state index is -3.07. The molecule has 29 nitrogen and oxygen atoms in total.